The van der Waals surface area contributed by atoms with E-state index in [4.69, 9.17) is 4.74 Å². The minimum absolute atomic E-state index is 0.0754. The third-order valence-electron chi connectivity index (χ3n) is 3.47. The molecule has 1 fully saturated rings. The van der Waals surface area contributed by atoms with E-state index in [2.05, 4.69) is 18.6 Å². The molecule has 1 saturated heterocycles. The van der Waals surface area contributed by atoms with Crippen LogP contribution < -0.4 is 0 Å². The summed E-state index contributed by atoms with van der Waals surface area (Å²) in [7, 11) is 1.34. The molecule has 1 unspecified atom stereocenters. The third kappa shape index (κ3) is 4.49. The first-order valence-electron chi connectivity index (χ1n) is 7.12. The summed E-state index contributed by atoms with van der Waals surface area (Å²) < 4.78 is 10.0. The molecular weight excluding hydrogens is 246 g/mol. The summed E-state index contributed by atoms with van der Waals surface area (Å²) in [5.41, 5.74) is 0. The van der Waals surface area contributed by atoms with Crippen LogP contribution >= 0.6 is 0 Å². The van der Waals surface area contributed by atoms with Crippen LogP contribution in [-0.4, -0.2) is 49.7 Å². The Kier molecular flexibility index (Phi) is 6.84. The Balaban J connectivity index is 2.61. The number of carbonyl (C=O) groups excluding carboxylic acids is 2. The second-order valence-electron chi connectivity index (χ2n) is 4.94. The SMILES string of the molecule is CCCC(CCC)C(=O)N1CCOC(C(=O)OC)C1. The Labute approximate surface area is 115 Å². The second kappa shape index (κ2) is 8.15. The molecule has 1 amide bonds. The van der Waals surface area contributed by atoms with Crippen LogP contribution in [-0.2, 0) is 19.1 Å². The van der Waals surface area contributed by atoms with E-state index in [1.165, 1.54) is 7.11 Å². The van der Waals surface area contributed by atoms with Gasteiger partial charge < -0.3 is 14.4 Å². The highest BCUT2D eigenvalue weighted by Gasteiger charge is 2.32. The lowest BCUT2D eigenvalue weighted by Gasteiger charge is -2.33. The van der Waals surface area contributed by atoms with Crippen LogP contribution in [0.25, 0.3) is 0 Å². The first-order valence-corrected chi connectivity index (χ1v) is 7.12. The van der Waals surface area contributed by atoms with Gasteiger partial charge in [0.25, 0.3) is 0 Å². The van der Waals surface area contributed by atoms with E-state index >= 15 is 0 Å². The highest BCUT2D eigenvalue weighted by atomic mass is 16.6. The van der Waals surface area contributed by atoms with Crippen LogP contribution in [0.2, 0.25) is 0 Å². The summed E-state index contributed by atoms with van der Waals surface area (Å²) in [5.74, 6) is -0.174. The molecule has 0 aromatic carbocycles. The molecule has 110 valence electrons. The number of carbonyl (C=O) groups is 2. The molecule has 5 nitrogen and oxygen atoms in total. The highest BCUT2D eigenvalue weighted by Crippen LogP contribution is 2.19. The van der Waals surface area contributed by atoms with Gasteiger partial charge in [0.15, 0.2) is 6.10 Å². The molecule has 5 heteroatoms. The van der Waals surface area contributed by atoms with Gasteiger partial charge in [0.2, 0.25) is 5.91 Å². The van der Waals surface area contributed by atoms with Gasteiger partial charge in [-0.05, 0) is 12.8 Å². The van der Waals surface area contributed by atoms with E-state index in [0.29, 0.717) is 19.7 Å². The van der Waals surface area contributed by atoms with Crippen molar-refractivity contribution in [2.45, 2.75) is 45.6 Å². The fourth-order valence-electron chi connectivity index (χ4n) is 2.47. The predicted molar refractivity (Wildman–Crippen MR) is 71.6 cm³/mol. The molecule has 0 aromatic rings. The van der Waals surface area contributed by atoms with Gasteiger partial charge in [0.05, 0.1) is 20.3 Å². The van der Waals surface area contributed by atoms with Crippen molar-refractivity contribution in [1.29, 1.82) is 0 Å². The third-order valence-corrected chi connectivity index (χ3v) is 3.47. The minimum Gasteiger partial charge on any atom is -0.467 e. The number of esters is 1. The highest BCUT2D eigenvalue weighted by molar-refractivity contribution is 5.81. The zero-order chi connectivity index (χ0) is 14.3. The maximum absolute atomic E-state index is 12.5. The number of amides is 1. The standard InChI is InChI=1S/C14H25NO4/c1-4-6-11(7-5-2)13(16)15-8-9-19-12(10-15)14(17)18-3/h11-12H,4-10H2,1-3H3. The molecular formula is C14H25NO4. The van der Waals surface area contributed by atoms with E-state index < -0.39 is 12.1 Å². The van der Waals surface area contributed by atoms with Gasteiger partial charge in [0.1, 0.15) is 0 Å². The van der Waals surface area contributed by atoms with Gasteiger partial charge in [-0.1, -0.05) is 26.7 Å². The number of nitrogens with zero attached hydrogens (tertiary/aromatic N) is 1. The molecule has 19 heavy (non-hydrogen) atoms. The Morgan fingerprint density at radius 1 is 1.32 bits per heavy atom. The Bertz CT molecular complexity index is 300. The smallest absolute Gasteiger partial charge is 0.336 e. The van der Waals surface area contributed by atoms with Gasteiger partial charge in [-0.2, -0.15) is 0 Å². The van der Waals surface area contributed by atoms with Crippen molar-refractivity contribution in [1.82, 2.24) is 4.90 Å². The molecule has 1 aliphatic rings. The lowest BCUT2D eigenvalue weighted by molar-refractivity contribution is -0.163. The number of hydrogen-bond acceptors (Lipinski definition) is 4. The maximum Gasteiger partial charge on any atom is 0.336 e. The summed E-state index contributed by atoms with van der Waals surface area (Å²) in [4.78, 5) is 25.7. The van der Waals surface area contributed by atoms with E-state index in [1.54, 1.807) is 4.90 Å². The molecule has 1 atom stereocenters. The molecule has 0 saturated carbocycles. The molecule has 0 spiro atoms. The van der Waals surface area contributed by atoms with Crippen LogP contribution in [0.5, 0.6) is 0 Å². The van der Waals surface area contributed by atoms with Crippen LogP contribution in [0.1, 0.15) is 39.5 Å². The lowest BCUT2D eigenvalue weighted by atomic mass is 9.96. The fraction of sp³-hybridized carbons (Fsp3) is 0.857. The largest absolute Gasteiger partial charge is 0.467 e. The topological polar surface area (TPSA) is 55.8 Å². The Hall–Kier alpha value is -1.10. The van der Waals surface area contributed by atoms with Crippen LogP contribution in [0.15, 0.2) is 0 Å². The Morgan fingerprint density at radius 2 is 1.95 bits per heavy atom. The molecule has 0 N–H and O–H groups in total. The molecule has 1 aliphatic heterocycles. The first-order chi connectivity index (χ1) is 9.13. The van der Waals surface area contributed by atoms with Crippen molar-refractivity contribution in [3.8, 4) is 0 Å². The quantitative estimate of drug-likeness (QED) is 0.689. The summed E-state index contributed by atoms with van der Waals surface area (Å²) in [5, 5.41) is 0. The number of methoxy groups -OCH3 is 1. The van der Waals surface area contributed by atoms with E-state index in [-0.39, 0.29) is 11.8 Å². The Morgan fingerprint density at radius 3 is 2.47 bits per heavy atom. The fourth-order valence-corrected chi connectivity index (χ4v) is 2.47. The van der Waals surface area contributed by atoms with E-state index in [1.807, 2.05) is 0 Å². The van der Waals surface area contributed by atoms with Gasteiger partial charge in [-0.3, -0.25) is 4.79 Å². The zero-order valence-corrected chi connectivity index (χ0v) is 12.2. The molecule has 1 rings (SSSR count). The minimum atomic E-state index is -0.633. The molecule has 0 radical (unpaired) electrons. The van der Waals surface area contributed by atoms with Gasteiger partial charge in [-0.25, -0.2) is 4.79 Å². The number of morpholine rings is 1. The van der Waals surface area contributed by atoms with Crippen molar-refractivity contribution in [2.24, 2.45) is 5.92 Å². The van der Waals surface area contributed by atoms with Crippen LogP contribution in [0.3, 0.4) is 0 Å². The van der Waals surface area contributed by atoms with Gasteiger partial charge in [-0.15, -0.1) is 0 Å². The lowest BCUT2D eigenvalue weighted by Crippen LogP contribution is -2.50. The van der Waals surface area contributed by atoms with E-state index in [9.17, 15) is 9.59 Å². The van der Waals surface area contributed by atoms with Crippen molar-refractivity contribution in [3.63, 3.8) is 0 Å². The summed E-state index contributed by atoms with van der Waals surface area (Å²) in [6, 6.07) is 0. The maximum atomic E-state index is 12.5. The number of rotatable bonds is 6. The first kappa shape index (κ1) is 16.0. The number of ether oxygens (including phenoxy) is 2. The summed E-state index contributed by atoms with van der Waals surface area (Å²) in [6.07, 6.45) is 3.19. The van der Waals surface area contributed by atoms with Crippen molar-refractivity contribution in [3.05, 3.63) is 0 Å². The molecule has 1 heterocycles. The van der Waals surface area contributed by atoms with Crippen molar-refractivity contribution < 1.29 is 19.1 Å². The summed E-state index contributed by atoms with van der Waals surface area (Å²) in [6.45, 7) is 5.46. The molecule has 0 bridgehead atoms. The van der Waals surface area contributed by atoms with E-state index in [0.717, 1.165) is 25.7 Å². The molecule has 0 aromatic heterocycles. The van der Waals surface area contributed by atoms with Gasteiger partial charge >= 0.3 is 5.97 Å². The average Bonchev–Trinajstić information content (AvgIpc) is 2.45. The molecule has 0 aliphatic carbocycles. The predicted octanol–water partition coefficient (Wildman–Crippen LogP) is 1.60. The number of hydrogen-bond donors (Lipinski definition) is 0. The average molecular weight is 271 g/mol. The van der Waals surface area contributed by atoms with Crippen LogP contribution in [0.4, 0.5) is 0 Å². The van der Waals surface area contributed by atoms with Crippen molar-refractivity contribution in [2.75, 3.05) is 26.8 Å². The normalized spacial score (nSPS) is 19.6. The zero-order valence-electron chi connectivity index (χ0n) is 12.2. The van der Waals surface area contributed by atoms with Gasteiger partial charge in [0, 0.05) is 12.5 Å². The summed E-state index contributed by atoms with van der Waals surface area (Å²) >= 11 is 0. The van der Waals surface area contributed by atoms with Crippen LogP contribution in [0, 0.1) is 5.92 Å². The van der Waals surface area contributed by atoms with Crippen molar-refractivity contribution >= 4 is 11.9 Å². The second-order valence-corrected chi connectivity index (χ2v) is 4.94. The monoisotopic (exact) mass is 271 g/mol.